The van der Waals surface area contributed by atoms with Gasteiger partial charge in [-0.3, -0.25) is 0 Å². The minimum absolute atomic E-state index is 0.388. The van der Waals surface area contributed by atoms with Gasteiger partial charge in [-0.25, -0.2) is 0 Å². The molecule has 0 heterocycles. The van der Waals surface area contributed by atoms with Crippen LogP contribution in [0.15, 0.2) is 158 Å². The van der Waals surface area contributed by atoms with E-state index < -0.39 is 0 Å². The topological polar surface area (TPSA) is 0 Å². The molecule has 0 fully saturated rings. The lowest BCUT2D eigenvalue weighted by Crippen LogP contribution is -2.26. The molecule has 1 spiro atoms. The Labute approximate surface area is 250 Å². The van der Waals surface area contributed by atoms with E-state index in [0.717, 1.165) is 0 Å². The minimum Gasteiger partial charge on any atom is -0.0619 e. The third-order valence-corrected chi connectivity index (χ3v) is 10.0. The maximum atomic E-state index is 2.51. The average molecular weight is 543 g/mol. The lowest BCUT2D eigenvalue weighted by Gasteiger charge is -2.31. The van der Waals surface area contributed by atoms with Gasteiger partial charge < -0.3 is 0 Å². The van der Waals surface area contributed by atoms with E-state index in [0.29, 0.717) is 0 Å². The molecule has 0 aromatic heterocycles. The third kappa shape index (κ3) is 2.86. The van der Waals surface area contributed by atoms with E-state index in [4.69, 9.17) is 0 Å². The Balaban J connectivity index is 1.37. The fraction of sp³-hybridized carbons (Fsp3) is 0.0233. The van der Waals surface area contributed by atoms with Crippen LogP contribution in [0.25, 0.3) is 65.7 Å². The molecule has 0 amide bonds. The van der Waals surface area contributed by atoms with Crippen LogP contribution < -0.4 is 0 Å². The second-order valence-electron chi connectivity index (χ2n) is 12.0. The highest BCUT2D eigenvalue weighted by Gasteiger charge is 2.52. The van der Waals surface area contributed by atoms with Crippen LogP contribution in [-0.4, -0.2) is 0 Å². The van der Waals surface area contributed by atoms with Crippen molar-refractivity contribution in [2.24, 2.45) is 0 Å². The first-order chi connectivity index (χ1) is 21.3. The van der Waals surface area contributed by atoms with E-state index in [1.54, 1.807) is 0 Å². The Morgan fingerprint density at radius 2 is 0.860 bits per heavy atom. The molecule has 0 aliphatic heterocycles. The SMILES string of the molecule is c1ccc2c(c1)-c1ccccc1C21c2cc(-c3cc4ccccc4c4ccccc34)ccc2-c2ccc3ccccc3c21. The van der Waals surface area contributed by atoms with Crippen LogP contribution in [0.4, 0.5) is 0 Å². The molecule has 0 saturated heterocycles. The van der Waals surface area contributed by atoms with Gasteiger partial charge in [-0.2, -0.15) is 0 Å². The van der Waals surface area contributed by atoms with Crippen molar-refractivity contribution in [2.45, 2.75) is 5.41 Å². The van der Waals surface area contributed by atoms with Gasteiger partial charge in [0.05, 0.1) is 5.41 Å². The molecule has 0 bridgehead atoms. The summed E-state index contributed by atoms with van der Waals surface area (Å²) >= 11 is 0. The molecule has 0 radical (unpaired) electrons. The first kappa shape index (κ1) is 23.1. The fourth-order valence-corrected chi connectivity index (χ4v) is 8.38. The lowest BCUT2D eigenvalue weighted by atomic mass is 9.69. The Hall–Kier alpha value is -5.46. The van der Waals surface area contributed by atoms with Crippen LogP contribution >= 0.6 is 0 Å². The zero-order chi connectivity index (χ0) is 28.1. The van der Waals surface area contributed by atoms with Gasteiger partial charge in [0.2, 0.25) is 0 Å². The molecule has 2 aliphatic carbocycles. The molecule has 0 unspecified atom stereocenters. The Morgan fingerprint density at radius 3 is 1.63 bits per heavy atom. The summed E-state index contributed by atoms with van der Waals surface area (Å²) in [6, 6.07) is 59.0. The molecule has 8 aromatic carbocycles. The molecule has 10 rings (SSSR count). The fourth-order valence-electron chi connectivity index (χ4n) is 8.38. The summed E-state index contributed by atoms with van der Waals surface area (Å²) in [5, 5.41) is 7.80. The summed E-state index contributed by atoms with van der Waals surface area (Å²) in [7, 11) is 0. The van der Waals surface area contributed by atoms with Crippen molar-refractivity contribution in [1.29, 1.82) is 0 Å². The molecule has 0 atom stereocenters. The predicted octanol–water partition coefficient (Wildman–Crippen LogP) is 11.2. The summed E-state index contributed by atoms with van der Waals surface area (Å²) in [5.41, 5.74) is 13.1. The molecule has 0 heteroatoms. The van der Waals surface area contributed by atoms with Gasteiger partial charge in [0, 0.05) is 0 Å². The molecule has 8 aromatic rings. The summed E-state index contributed by atoms with van der Waals surface area (Å²) in [4.78, 5) is 0. The Kier molecular flexibility index (Phi) is 4.47. The average Bonchev–Trinajstić information content (AvgIpc) is 3.55. The maximum Gasteiger partial charge on any atom is 0.0731 e. The van der Waals surface area contributed by atoms with Gasteiger partial charge >= 0.3 is 0 Å². The van der Waals surface area contributed by atoms with Gasteiger partial charge in [-0.15, -0.1) is 0 Å². The van der Waals surface area contributed by atoms with Gasteiger partial charge in [-0.05, 0) is 100 Å². The second kappa shape index (κ2) is 8.31. The number of fused-ring (bicyclic) bond motifs is 15. The normalized spacial score (nSPS) is 13.8. The smallest absolute Gasteiger partial charge is 0.0619 e. The molecular formula is C43H26. The maximum absolute atomic E-state index is 2.51. The van der Waals surface area contributed by atoms with Crippen molar-refractivity contribution < 1.29 is 0 Å². The number of hydrogen-bond donors (Lipinski definition) is 0. The van der Waals surface area contributed by atoms with E-state index in [9.17, 15) is 0 Å². The van der Waals surface area contributed by atoms with E-state index in [2.05, 4.69) is 158 Å². The second-order valence-corrected chi connectivity index (χ2v) is 12.0. The molecular weight excluding hydrogens is 516 g/mol. The standard InChI is InChI=1S/C43H26/c1-4-14-31-27(11-1)21-24-37-36-23-22-29(38-25-28-12-2-3-13-30(28)32-15-5-6-16-33(32)38)26-41(36)43(42(31)37)39-19-9-7-17-34(39)35-18-8-10-20-40(35)43/h1-26H. The highest BCUT2D eigenvalue weighted by molar-refractivity contribution is 6.14. The quantitative estimate of drug-likeness (QED) is 0.181. The summed E-state index contributed by atoms with van der Waals surface area (Å²) in [6.07, 6.45) is 0. The lowest BCUT2D eigenvalue weighted by molar-refractivity contribution is 0.801. The largest absolute Gasteiger partial charge is 0.0731 e. The number of rotatable bonds is 1. The van der Waals surface area contributed by atoms with Crippen LogP contribution in [0, 0.1) is 0 Å². The number of benzene rings is 8. The highest BCUT2D eigenvalue weighted by atomic mass is 14.5. The van der Waals surface area contributed by atoms with E-state index in [1.165, 1.54) is 88.0 Å². The first-order valence-corrected chi connectivity index (χ1v) is 15.1. The van der Waals surface area contributed by atoms with Crippen molar-refractivity contribution in [3.8, 4) is 33.4 Å². The van der Waals surface area contributed by atoms with Crippen molar-refractivity contribution in [2.75, 3.05) is 0 Å². The van der Waals surface area contributed by atoms with Gasteiger partial charge in [0.1, 0.15) is 0 Å². The third-order valence-electron chi connectivity index (χ3n) is 10.0. The van der Waals surface area contributed by atoms with E-state index in [1.807, 2.05) is 0 Å². The van der Waals surface area contributed by atoms with Crippen molar-refractivity contribution >= 4 is 32.3 Å². The van der Waals surface area contributed by atoms with Crippen molar-refractivity contribution in [1.82, 2.24) is 0 Å². The molecule has 0 nitrogen and oxygen atoms in total. The van der Waals surface area contributed by atoms with Crippen LogP contribution in [-0.2, 0) is 5.41 Å². The Bertz CT molecular complexity index is 2410. The first-order valence-electron chi connectivity index (χ1n) is 15.1. The van der Waals surface area contributed by atoms with Gasteiger partial charge in [0.25, 0.3) is 0 Å². The molecule has 2 aliphatic rings. The zero-order valence-corrected chi connectivity index (χ0v) is 23.5. The van der Waals surface area contributed by atoms with E-state index in [-0.39, 0.29) is 5.41 Å². The molecule has 43 heavy (non-hydrogen) atoms. The zero-order valence-electron chi connectivity index (χ0n) is 23.5. The van der Waals surface area contributed by atoms with Crippen LogP contribution in [0.2, 0.25) is 0 Å². The predicted molar refractivity (Wildman–Crippen MR) is 181 cm³/mol. The summed E-state index contributed by atoms with van der Waals surface area (Å²) < 4.78 is 0. The van der Waals surface area contributed by atoms with E-state index >= 15 is 0 Å². The molecule has 0 saturated carbocycles. The molecule has 198 valence electrons. The highest BCUT2D eigenvalue weighted by Crippen LogP contribution is 2.64. The minimum atomic E-state index is -0.388. The summed E-state index contributed by atoms with van der Waals surface area (Å²) in [6.45, 7) is 0. The van der Waals surface area contributed by atoms with Crippen molar-refractivity contribution in [3.63, 3.8) is 0 Å². The number of hydrogen-bond acceptors (Lipinski definition) is 0. The van der Waals surface area contributed by atoms with Gasteiger partial charge in [-0.1, -0.05) is 146 Å². The van der Waals surface area contributed by atoms with Crippen LogP contribution in [0.5, 0.6) is 0 Å². The van der Waals surface area contributed by atoms with Crippen molar-refractivity contribution in [3.05, 3.63) is 180 Å². The van der Waals surface area contributed by atoms with Gasteiger partial charge in [0.15, 0.2) is 0 Å². The van der Waals surface area contributed by atoms with Crippen LogP contribution in [0.1, 0.15) is 22.3 Å². The van der Waals surface area contributed by atoms with Crippen LogP contribution in [0.3, 0.4) is 0 Å². The monoisotopic (exact) mass is 542 g/mol. The summed E-state index contributed by atoms with van der Waals surface area (Å²) in [5.74, 6) is 0. The molecule has 0 N–H and O–H groups in total. The Morgan fingerprint density at radius 1 is 0.302 bits per heavy atom.